The van der Waals surface area contributed by atoms with Gasteiger partial charge in [0.1, 0.15) is 0 Å². The van der Waals surface area contributed by atoms with Crippen molar-refractivity contribution in [2.75, 3.05) is 14.2 Å². The standard InChI is InChI=1S/C9H14N2O2/c1-6(10)7-4-8(12-2)11-9(5-7)13-3/h4-6H,10H2,1-3H3. The molecule has 0 radical (unpaired) electrons. The number of hydrogen-bond donors (Lipinski definition) is 1. The van der Waals surface area contributed by atoms with Gasteiger partial charge in [-0.1, -0.05) is 0 Å². The zero-order chi connectivity index (χ0) is 9.84. The molecular formula is C9H14N2O2. The first kappa shape index (κ1) is 9.80. The lowest BCUT2D eigenvalue weighted by molar-refractivity contribution is 0.363. The molecule has 4 nitrogen and oxygen atoms in total. The number of hydrogen-bond acceptors (Lipinski definition) is 4. The van der Waals surface area contributed by atoms with E-state index in [0.29, 0.717) is 11.8 Å². The van der Waals surface area contributed by atoms with Crippen molar-refractivity contribution >= 4 is 0 Å². The molecule has 4 heteroatoms. The smallest absolute Gasteiger partial charge is 0.216 e. The van der Waals surface area contributed by atoms with E-state index >= 15 is 0 Å². The molecule has 1 rings (SSSR count). The Hall–Kier alpha value is -1.29. The van der Waals surface area contributed by atoms with Gasteiger partial charge in [0.2, 0.25) is 11.8 Å². The third-order valence-corrected chi connectivity index (χ3v) is 1.74. The molecule has 0 aliphatic carbocycles. The summed E-state index contributed by atoms with van der Waals surface area (Å²) in [5.74, 6) is 1.04. The lowest BCUT2D eigenvalue weighted by atomic mass is 10.1. The molecule has 0 saturated carbocycles. The van der Waals surface area contributed by atoms with Gasteiger partial charge in [0.25, 0.3) is 0 Å². The van der Waals surface area contributed by atoms with E-state index in [1.165, 1.54) is 0 Å². The Kier molecular flexibility index (Phi) is 3.08. The summed E-state index contributed by atoms with van der Waals surface area (Å²) in [5.41, 5.74) is 6.67. The first-order valence-electron chi connectivity index (χ1n) is 4.03. The quantitative estimate of drug-likeness (QED) is 0.761. The van der Waals surface area contributed by atoms with E-state index in [0.717, 1.165) is 5.56 Å². The van der Waals surface area contributed by atoms with E-state index < -0.39 is 0 Å². The zero-order valence-electron chi connectivity index (χ0n) is 8.07. The summed E-state index contributed by atoms with van der Waals surface area (Å²) in [5, 5.41) is 0. The molecule has 0 amide bonds. The van der Waals surface area contributed by atoms with Crippen molar-refractivity contribution in [1.82, 2.24) is 4.98 Å². The second kappa shape index (κ2) is 4.09. The van der Waals surface area contributed by atoms with Crippen LogP contribution in [0.2, 0.25) is 0 Å². The topological polar surface area (TPSA) is 57.4 Å². The van der Waals surface area contributed by atoms with E-state index in [1.54, 1.807) is 26.4 Å². The van der Waals surface area contributed by atoms with Crippen LogP contribution in [0.15, 0.2) is 12.1 Å². The van der Waals surface area contributed by atoms with E-state index in [1.807, 2.05) is 6.92 Å². The van der Waals surface area contributed by atoms with E-state index in [4.69, 9.17) is 15.2 Å². The molecule has 1 aromatic rings. The highest BCUT2D eigenvalue weighted by Gasteiger charge is 2.05. The monoisotopic (exact) mass is 182 g/mol. The minimum absolute atomic E-state index is 0.0502. The maximum atomic E-state index is 5.72. The lowest BCUT2D eigenvalue weighted by Gasteiger charge is -2.09. The average Bonchev–Trinajstić information content (AvgIpc) is 2.16. The Morgan fingerprint density at radius 3 is 2.00 bits per heavy atom. The fourth-order valence-corrected chi connectivity index (χ4v) is 0.972. The summed E-state index contributed by atoms with van der Waals surface area (Å²) in [6, 6.07) is 3.55. The summed E-state index contributed by atoms with van der Waals surface area (Å²) in [7, 11) is 3.12. The maximum Gasteiger partial charge on any atom is 0.216 e. The molecule has 0 fully saturated rings. The molecule has 1 unspecified atom stereocenters. The number of aromatic nitrogens is 1. The molecule has 0 spiro atoms. The Morgan fingerprint density at radius 2 is 1.69 bits per heavy atom. The SMILES string of the molecule is COc1cc(C(C)N)cc(OC)n1. The van der Waals surface area contributed by atoms with Crippen molar-refractivity contribution in [3.05, 3.63) is 17.7 Å². The second-order valence-electron chi connectivity index (χ2n) is 2.77. The molecule has 0 aliphatic rings. The van der Waals surface area contributed by atoms with Crippen LogP contribution < -0.4 is 15.2 Å². The van der Waals surface area contributed by atoms with Crippen LogP contribution in [-0.2, 0) is 0 Å². The number of ether oxygens (including phenoxy) is 2. The Bertz CT molecular complexity index is 265. The van der Waals surface area contributed by atoms with Crippen LogP contribution in [0.1, 0.15) is 18.5 Å². The first-order chi connectivity index (χ1) is 6.17. The highest BCUT2D eigenvalue weighted by Crippen LogP contribution is 2.20. The third-order valence-electron chi connectivity index (χ3n) is 1.74. The number of pyridine rings is 1. The predicted molar refractivity (Wildman–Crippen MR) is 49.9 cm³/mol. The summed E-state index contributed by atoms with van der Waals surface area (Å²) in [6.07, 6.45) is 0. The minimum Gasteiger partial charge on any atom is -0.481 e. The normalized spacial score (nSPS) is 12.3. The van der Waals surface area contributed by atoms with Crippen molar-refractivity contribution in [1.29, 1.82) is 0 Å². The average molecular weight is 182 g/mol. The van der Waals surface area contributed by atoms with Gasteiger partial charge in [0, 0.05) is 18.2 Å². The van der Waals surface area contributed by atoms with Crippen LogP contribution in [0, 0.1) is 0 Å². The van der Waals surface area contributed by atoms with Gasteiger partial charge in [0.05, 0.1) is 14.2 Å². The molecular weight excluding hydrogens is 168 g/mol. The highest BCUT2D eigenvalue weighted by atomic mass is 16.5. The molecule has 0 aliphatic heterocycles. The van der Waals surface area contributed by atoms with Crippen LogP contribution in [0.25, 0.3) is 0 Å². The van der Waals surface area contributed by atoms with Crippen molar-refractivity contribution < 1.29 is 9.47 Å². The summed E-state index contributed by atoms with van der Waals surface area (Å²) in [6.45, 7) is 1.90. The van der Waals surface area contributed by atoms with Crippen molar-refractivity contribution in [2.24, 2.45) is 5.73 Å². The Balaban J connectivity index is 3.07. The Morgan fingerprint density at radius 1 is 1.23 bits per heavy atom. The number of nitrogens with zero attached hydrogens (tertiary/aromatic N) is 1. The van der Waals surface area contributed by atoms with E-state index in [2.05, 4.69) is 4.98 Å². The third kappa shape index (κ3) is 2.32. The van der Waals surface area contributed by atoms with Crippen LogP contribution in [0.3, 0.4) is 0 Å². The fourth-order valence-electron chi connectivity index (χ4n) is 0.972. The van der Waals surface area contributed by atoms with Gasteiger partial charge in [-0.25, -0.2) is 0 Å². The maximum absolute atomic E-state index is 5.72. The first-order valence-corrected chi connectivity index (χ1v) is 4.03. The molecule has 72 valence electrons. The predicted octanol–water partition coefficient (Wildman–Crippen LogP) is 1.12. The minimum atomic E-state index is -0.0502. The van der Waals surface area contributed by atoms with Crippen molar-refractivity contribution in [2.45, 2.75) is 13.0 Å². The molecule has 1 atom stereocenters. The molecule has 1 aromatic heterocycles. The van der Waals surface area contributed by atoms with Crippen LogP contribution in [0.4, 0.5) is 0 Å². The lowest BCUT2D eigenvalue weighted by Crippen LogP contribution is -2.06. The highest BCUT2D eigenvalue weighted by molar-refractivity contribution is 5.30. The van der Waals surface area contributed by atoms with Crippen molar-refractivity contribution in [3.8, 4) is 11.8 Å². The van der Waals surface area contributed by atoms with Gasteiger partial charge >= 0.3 is 0 Å². The van der Waals surface area contributed by atoms with Gasteiger partial charge in [-0.15, -0.1) is 0 Å². The molecule has 13 heavy (non-hydrogen) atoms. The van der Waals surface area contributed by atoms with Gasteiger partial charge in [0.15, 0.2) is 0 Å². The summed E-state index contributed by atoms with van der Waals surface area (Å²) >= 11 is 0. The second-order valence-corrected chi connectivity index (χ2v) is 2.77. The molecule has 0 bridgehead atoms. The molecule has 0 saturated heterocycles. The number of rotatable bonds is 3. The van der Waals surface area contributed by atoms with Crippen molar-refractivity contribution in [3.63, 3.8) is 0 Å². The zero-order valence-corrected chi connectivity index (χ0v) is 8.07. The summed E-state index contributed by atoms with van der Waals surface area (Å²) < 4.78 is 10.0. The van der Waals surface area contributed by atoms with Crippen LogP contribution in [-0.4, -0.2) is 19.2 Å². The Labute approximate surface area is 77.7 Å². The van der Waals surface area contributed by atoms with Gasteiger partial charge in [-0.2, -0.15) is 4.98 Å². The number of methoxy groups -OCH3 is 2. The molecule has 1 heterocycles. The van der Waals surface area contributed by atoms with E-state index in [-0.39, 0.29) is 6.04 Å². The van der Waals surface area contributed by atoms with E-state index in [9.17, 15) is 0 Å². The van der Waals surface area contributed by atoms with Gasteiger partial charge in [-0.05, 0) is 12.5 Å². The molecule has 2 N–H and O–H groups in total. The van der Waals surface area contributed by atoms with Crippen LogP contribution >= 0.6 is 0 Å². The van der Waals surface area contributed by atoms with Gasteiger partial charge < -0.3 is 15.2 Å². The van der Waals surface area contributed by atoms with Gasteiger partial charge in [-0.3, -0.25) is 0 Å². The molecule has 0 aromatic carbocycles. The number of nitrogens with two attached hydrogens (primary N) is 1. The fraction of sp³-hybridized carbons (Fsp3) is 0.444. The van der Waals surface area contributed by atoms with Crippen LogP contribution in [0.5, 0.6) is 11.8 Å². The summed E-state index contributed by atoms with van der Waals surface area (Å²) in [4.78, 5) is 4.05. The largest absolute Gasteiger partial charge is 0.481 e.